The molecule has 0 radical (unpaired) electrons. The second-order valence-corrected chi connectivity index (χ2v) is 5.80. The molecule has 0 aromatic heterocycles. The smallest absolute Gasteiger partial charge is 0.304 e. The monoisotopic (exact) mass is 327 g/mol. The summed E-state index contributed by atoms with van der Waals surface area (Å²) in [5.41, 5.74) is 7.21. The Morgan fingerprint density at radius 1 is 1.18 bits per heavy atom. The normalized spacial score (nSPS) is 13.6. The number of hydrogen-bond acceptors (Lipinski definition) is 3. The highest BCUT2D eigenvalue weighted by Crippen LogP contribution is 2.33. The summed E-state index contributed by atoms with van der Waals surface area (Å²) in [6.07, 6.45) is 1.49. The van der Waals surface area contributed by atoms with Gasteiger partial charge in [-0.2, -0.15) is 0 Å². The van der Waals surface area contributed by atoms with Crippen molar-refractivity contribution in [1.82, 2.24) is 0 Å². The maximum absolute atomic E-state index is 11.0. The minimum absolute atomic E-state index is 0.00321. The van der Waals surface area contributed by atoms with Gasteiger partial charge in [0, 0.05) is 10.9 Å². The van der Waals surface area contributed by atoms with Gasteiger partial charge in [0.1, 0.15) is 0 Å². The zero-order valence-corrected chi connectivity index (χ0v) is 13.3. The van der Waals surface area contributed by atoms with Crippen LogP contribution in [0.2, 0.25) is 5.02 Å². The highest BCUT2D eigenvalue weighted by Gasteiger charge is 2.21. The molecule has 0 aliphatic carbocycles. The SMILES string of the molecule is CCCC(CC(=O)O)c1cc(C(CN)CC(=O)O)ccc1Cl. The number of carbonyl (C=O) groups is 2. The maximum Gasteiger partial charge on any atom is 0.304 e. The largest absolute Gasteiger partial charge is 0.481 e. The van der Waals surface area contributed by atoms with Gasteiger partial charge in [0.25, 0.3) is 0 Å². The molecule has 0 fully saturated rings. The van der Waals surface area contributed by atoms with E-state index >= 15 is 0 Å². The highest BCUT2D eigenvalue weighted by atomic mass is 35.5. The van der Waals surface area contributed by atoms with Crippen molar-refractivity contribution in [3.63, 3.8) is 0 Å². The second kappa shape index (κ2) is 8.76. The minimum Gasteiger partial charge on any atom is -0.481 e. The van der Waals surface area contributed by atoms with Crippen LogP contribution >= 0.6 is 11.6 Å². The van der Waals surface area contributed by atoms with Crippen molar-refractivity contribution in [2.24, 2.45) is 5.73 Å². The predicted molar refractivity (Wildman–Crippen MR) is 85.4 cm³/mol. The Bertz CT molecular complexity index is 533. The van der Waals surface area contributed by atoms with E-state index < -0.39 is 11.9 Å². The van der Waals surface area contributed by atoms with Crippen LogP contribution in [0, 0.1) is 0 Å². The summed E-state index contributed by atoms with van der Waals surface area (Å²) >= 11 is 6.22. The van der Waals surface area contributed by atoms with Gasteiger partial charge in [-0.15, -0.1) is 0 Å². The van der Waals surface area contributed by atoms with Gasteiger partial charge in [0.15, 0.2) is 0 Å². The molecule has 0 aliphatic rings. The van der Waals surface area contributed by atoms with E-state index in [-0.39, 0.29) is 31.2 Å². The van der Waals surface area contributed by atoms with Crippen LogP contribution in [0.1, 0.15) is 55.6 Å². The van der Waals surface area contributed by atoms with E-state index in [1.54, 1.807) is 12.1 Å². The van der Waals surface area contributed by atoms with Gasteiger partial charge in [0.2, 0.25) is 0 Å². The molecule has 4 N–H and O–H groups in total. The van der Waals surface area contributed by atoms with E-state index in [0.29, 0.717) is 11.4 Å². The van der Waals surface area contributed by atoms with Crippen LogP contribution in [0.4, 0.5) is 0 Å². The van der Waals surface area contributed by atoms with E-state index in [4.69, 9.17) is 27.5 Å². The highest BCUT2D eigenvalue weighted by molar-refractivity contribution is 6.31. The Balaban J connectivity index is 3.15. The van der Waals surface area contributed by atoms with Gasteiger partial charge in [0.05, 0.1) is 12.8 Å². The lowest BCUT2D eigenvalue weighted by atomic mass is 9.87. The molecule has 2 atom stereocenters. The van der Waals surface area contributed by atoms with Crippen molar-refractivity contribution in [2.45, 2.75) is 44.4 Å². The first-order valence-electron chi connectivity index (χ1n) is 7.32. The quantitative estimate of drug-likeness (QED) is 0.646. The molecule has 0 aliphatic heterocycles. The van der Waals surface area contributed by atoms with E-state index in [2.05, 4.69) is 0 Å². The molecule has 22 heavy (non-hydrogen) atoms. The third kappa shape index (κ3) is 5.31. The molecule has 0 heterocycles. The predicted octanol–water partition coefficient (Wildman–Crippen LogP) is 3.22. The van der Waals surface area contributed by atoms with Crippen LogP contribution in [0.15, 0.2) is 18.2 Å². The van der Waals surface area contributed by atoms with Crippen LogP contribution < -0.4 is 5.73 Å². The van der Waals surface area contributed by atoms with Crippen LogP contribution in [0.25, 0.3) is 0 Å². The zero-order valence-electron chi connectivity index (χ0n) is 12.6. The van der Waals surface area contributed by atoms with E-state index in [0.717, 1.165) is 17.5 Å². The molecule has 2 unspecified atom stereocenters. The summed E-state index contributed by atoms with van der Waals surface area (Å²) in [6.45, 7) is 2.20. The molecule has 1 aromatic rings. The lowest BCUT2D eigenvalue weighted by Crippen LogP contribution is -2.17. The molecule has 0 spiro atoms. The zero-order chi connectivity index (χ0) is 16.7. The first kappa shape index (κ1) is 18.5. The van der Waals surface area contributed by atoms with Gasteiger partial charge >= 0.3 is 11.9 Å². The van der Waals surface area contributed by atoms with E-state index in [1.807, 2.05) is 13.0 Å². The Morgan fingerprint density at radius 3 is 2.27 bits per heavy atom. The van der Waals surface area contributed by atoms with Crippen molar-refractivity contribution in [2.75, 3.05) is 6.54 Å². The van der Waals surface area contributed by atoms with Gasteiger partial charge in [-0.1, -0.05) is 37.1 Å². The number of carboxylic acid groups (broad SMARTS) is 2. The van der Waals surface area contributed by atoms with Gasteiger partial charge in [-0.3, -0.25) is 9.59 Å². The first-order chi connectivity index (χ1) is 10.4. The van der Waals surface area contributed by atoms with Crippen molar-refractivity contribution < 1.29 is 19.8 Å². The first-order valence-corrected chi connectivity index (χ1v) is 7.69. The molecule has 0 amide bonds. The topological polar surface area (TPSA) is 101 Å². The van der Waals surface area contributed by atoms with Gasteiger partial charge in [-0.05, 0) is 36.1 Å². The van der Waals surface area contributed by atoms with Crippen molar-refractivity contribution in [1.29, 1.82) is 0 Å². The average molecular weight is 328 g/mol. The summed E-state index contributed by atoms with van der Waals surface area (Å²) in [7, 11) is 0. The van der Waals surface area contributed by atoms with E-state index in [1.165, 1.54) is 0 Å². The maximum atomic E-state index is 11.0. The third-order valence-corrected chi connectivity index (χ3v) is 4.04. The summed E-state index contributed by atoms with van der Waals surface area (Å²) in [5, 5.41) is 18.5. The number of nitrogens with two attached hydrogens (primary N) is 1. The molecule has 1 aromatic carbocycles. The molecular formula is C16H22ClNO4. The van der Waals surface area contributed by atoms with Gasteiger partial charge < -0.3 is 15.9 Å². The summed E-state index contributed by atoms with van der Waals surface area (Å²) in [6, 6.07) is 5.27. The number of rotatable bonds is 9. The Kier molecular flexibility index (Phi) is 7.35. The molecule has 6 heteroatoms. The number of benzene rings is 1. The molecule has 5 nitrogen and oxygen atoms in total. The molecular weight excluding hydrogens is 306 g/mol. The molecule has 1 rings (SSSR count). The van der Waals surface area contributed by atoms with Crippen molar-refractivity contribution >= 4 is 23.5 Å². The van der Waals surface area contributed by atoms with Crippen LogP contribution in [0.3, 0.4) is 0 Å². The summed E-state index contributed by atoms with van der Waals surface area (Å²) < 4.78 is 0. The van der Waals surface area contributed by atoms with Crippen LogP contribution in [-0.4, -0.2) is 28.7 Å². The Labute approximate surface area is 135 Å². The lowest BCUT2D eigenvalue weighted by Gasteiger charge is -2.20. The van der Waals surface area contributed by atoms with Crippen LogP contribution in [-0.2, 0) is 9.59 Å². The lowest BCUT2D eigenvalue weighted by molar-refractivity contribution is -0.138. The van der Waals surface area contributed by atoms with Crippen molar-refractivity contribution in [3.8, 4) is 0 Å². The Hall–Kier alpha value is -1.59. The number of carboxylic acids is 2. The summed E-state index contributed by atoms with van der Waals surface area (Å²) in [5.74, 6) is -2.28. The standard InChI is InChI=1S/C16H22ClNO4/c1-2-3-11(7-15(19)20)13-6-10(4-5-14(13)17)12(9-18)8-16(21)22/h4-6,11-12H,2-3,7-9,18H2,1H3,(H,19,20)(H,21,22). The fourth-order valence-corrected chi connectivity index (χ4v) is 2.88. The number of halogens is 1. The molecule has 0 bridgehead atoms. The van der Waals surface area contributed by atoms with E-state index in [9.17, 15) is 9.59 Å². The molecule has 122 valence electrons. The minimum atomic E-state index is -0.914. The average Bonchev–Trinajstić information content (AvgIpc) is 2.44. The van der Waals surface area contributed by atoms with Gasteiger partial charge in [-0.25, -0.2) is 0 Å². The fraction of sp³-hybridized carbons (Fsp3) is 0.500. The fourth-order valence-electron chi connectivity index (χ4n) is 2.60. The Morgan fingerprint density at radius 2 is 1.77 bits per heavy atom. The van der Waals surface area contributed by atoms with Crippen LogP contribution in [0.5, 0.6) is 0 Å². The second-order valence-electron chi connectivity index (χ2n) is 5.39. The summed E-state index contributed by atoms with van der Waals surface area (Å²) in [4.78, 5) is 22.0. The van der Waals surface area contributed by atoms with Crippen molar-refractivity contribution in [3.05, 3.63) is 34.3 Å². The third-order valence-electron chi connectivity index (χ3n) is 3.69. The number of aliphatic carboxylic acids is 2. The number of hydrogen-bond donors (Lipinski definition) is 3. The molecule has 0 saturated carbocycles. The molecule has 0 saturated heterocycles.